The minimum atomic E-state index is -1.23. The molecule has 0 aromatic carbocycles. The van der Waals surface area contributed by atoms with Gasteiger partial charge in [-0.1, -0.05) is 0 Å². The summed E-state index contributed by atoms with van der Waals surface area (Å²) in [4.78, 5) is 13.2. The number of hydrogen-bond donors (Lipinski definition) is 0. The third-order valence-electron chi connectivity index (χ3n) is 2.68. The molecule has 1 heterocycles. The van der Waals surface area contributed by atoms with Crippen molar-refractivity contribution in [3.05, 3.63) is 0 Å². The maximum Gasteiger partial charge on any atom is 0.222 e. The van der Waals surface area contributed by atoms with Crippen molar-refractivity contribution in [2.45, 2.75) is 44.7 Å². The monoisotopic (exact) mass is 212 g/mol. The van der Waals surface area contributed by atoms with Crippen LogP contribution in [0.3, 0.4) is 0 Å². The SMILES string of the molecule is C[C@@]1(F)CCCN(C(=O)CCCC#N)C1. The van der Waals surface area contributed by atoms with Crippen LogP contribution in [0.2, 0.25) is 0 Å². The lowest BCUT2D eigenvalue weighted by Crippen LogP contribution is -2.46. The van der Waals surface area contributed by atoms with Crippen molar-refractivity contribution < 1.29 is 9.18 Å². The Morgan fingerprint density at radius 1 is 1.67 bits per heavy atom. The fraction of sp³-hybridized carbons (Fsp3) is 0.818. The minimum Gasteiger partial charge on any atom is -0.340 e. The Bertz CT molecular complexity index is 270. The number of likely N-dealkylation sites (tertiary alicyclic amines) is 1. The minimum absolute atomic E-state index is 0.0196. The summed E-state index contributed by atoms with van der Waals surface area (Å²) in [5, 5.41) is 8.34. The molecule has 0 aliphatic carbocycles. The van der Waals surface area contributed by atoms with E-state index < -0.39 is 5.67 Å². The lowest BCUT2D eigenvalue weighted by molar-refractivity contribution is -0.135. The number of amides is 1. The second-order valence-corrected chi connectivity index (χ2v) is 4.34. The molecular formula is C11H17FN2O. The first-order chi connectivity index (χ1) is 7.05. The van der Waals surface area contributed by atoms with Crippen LogP contribution in [0.25, 0.3) is 0 Å². The highest BCUT2D eigenvalue weighted by molar-refractivity contribution is 5.76. The zero-order chi connectivity index (χ0) is 11.3. The van der Waals surface area contributed by atoms with Crippen LogP contribution in [-0.4, -0.2) is 29.6 Å². The van der Waals surface area contributed by atoms with E-state index in [0.717, 1.165) is 6.42 Å². The van der Waals surface area contributed by atoms with Gasteiger partial charge in [0.1, 0.15) is 5.67 Å². The molecule has 1 aliphatic heterocycles. The van der Waals surface area contributed by atoms with Crippen LogP contribution in [0.4, 0.5) is 4.39 Å². The number of unbranched alkanes of at least 4 members (excludes halogenated alkanes) is 1. The molecule has 84 valence electrons. The number of piperidine rings is 1. The Kier molecular flexibility index (Phi) is 4.07. The molecule has 1 fully saturated rings. The molecule has 1 saturated heterocycles. The van der Waals surface area contributed by atoms with Gasteiger partial charge in [-0.25, -0.2) is 4.39 Å². The number of carbonyl (C=O) groups is 1. The smallest absolute Gasteiger partial charge is 0.222 e. The van der Waals surface area contributed by atoms with Crippen LogP contribution in [0, 0.1) is 11.3 Å². The van der Waals surface area contributed by atoms with Crippen molar-refractivity contribution in [1.82, 2.24) is 4.90 Å². The Morgan fingerprint density at radius 3 is 3.00 bits per heavy atom. The number of rotatable bonds is 3. The molecule has 1 aliphatic rings. The van der Waals surface area contributed by atoms with E-state index in [1.807, 2.05) is 6.07 Å². The third-order valence-corrected chi connectivity index (χ3v) is 2.68. The van der Waals surface area contributed by atoms with E-state index >= 15 is 0 Å². The van der Waals surface area contributed by atoms with Crippen molar-refractivity contribution >= 4 is 5.91 Å². The second kappa shape index (κ2) is 5.11. The average molecular weight is 212 g/mol. The van der Waals surface area contributed by atoms with Crippen LogP contribution in [0.15, 0.2) is 0 Å². The molecule has 15 heavy (non-hydrogen) atoms. The van der Waals surface area contributed by atoms with E-state index in [2.05, 4.69) is 0 Å². The van der Waals surface area contributed by atoms with Gasteiger partial charge in [0.2, 0.25) is 5.91 Å². The number of halogens is 1. The molecule has 0 unspecified atom stereocenters. The normalized spacial score (nSPS) is 26.1. The number of hydrogen-bond acceptors (Lipinski definition) is 2. The first-order valence-electron chi connectivity index (χ1n) is 5.39. The number of nitriles is 1. The van der Waals surface area contributed by atoms with Crippen LogP contribution in [-0.2, 0) is 4.79 Å². The zero-order valence-electron chi connectivity index (χ0n) is 9.13. The highest BCUT2D eigenvalue weighted by atomic mass is 19.1. The molecule has 0 aromatic heterocycles. The molecule has 1 atom stereocenters. The van der Waals surface area contributed by atoms with Crippen molar-refractivity contribution in [1.29, 1.82) is 5.26 Å². The van der Waals surface area contributed by atoms with E-state index in [-0.39, 0.29) is 12.5 Å². The van der Waals surface area contributed by atoms with E-state index in [9.17, 15) is 9.18 Å². The van der Waals surface area contributed by atoms with Gasteiger partial charge in [0.25, 0.3) is 0 Å². The Balaban J connectivity index is 2.36. The van der Waals surface area contributed by atoms with Gasteiger partial charge in [-0.15, -0.1) is 0 Å². The van der Waals surface area contributed by atoms with Gasteiger partial charge in [0, 0.05) is 19.4 Å². The Hall–Kier alpha value is -1.11. The second-order valence-electron chi connectivity index (χ2n) is 4.34. The summed E-state index contributed by atoms with van der Waals surface area (Å²) in [6, 6.07) is 2.00. The van der Waals surface area contributed by atoms with Crippen molar-refractivity contribution in [2.24, 2.45) is 0 Å². The summed E-state index contributed by atoms with van der Waals surface area (Å²) in [6.07, 6.45) is 2.61. The fourth-order valence-corrected chi connectivity index (χ4v) is 1.88. The molecule has 0 bridgehead atoms. The first kappa shape index (κ1) is 12.0. The molecular weight excluding hydrogens is 195 g/mol. The lowest BCUT2D eigenvalue weighted by atomic mass is 9.96. The average Bonchev–Trinajstić information content (AvgIpc) is 2.16. The molecule has 0 spiro atoms. The molecule has 0 radical (unpaired) electrons. The van der Waals surface area contributed by atoms with Gasteiger partial charge in [-0.2, -0.15) is 5.26 Å². The van der Waals surface area contributed by atoms with Gasteiger partial charge in [-0.05, 0) is 26.2 Å². The number of carbonyl (C=O) groups excluding carboxylic acids is 1. The lowest BCUT2D eigenvalue weighted by Gasteiger charge is -2.35. The van der Waals surface area contributed by atoms with Crippen LogP contribution < -0.4 is 0 Å². The molecule has 3 nitrogen and oxygen atoms in total. The van der Waals surface area contributed by atoms with Crippen molar-refractivity contribution in [3.8, 4) is 6.07 Å². The van der Waals surface area contributed by atoms with Gasteiger partial charge >= 0.3 is 0 Å². The summed E-state index contributed by atoms with van der Waals surface area (Å²) >= 11 is 0. The third kappa shape index (κ3) is 3.86. The fourth-order valence-electron chi connectivity index (χ4n) is 1.88. The standard InChI is InChI=1S/C11H17FN2O/c1-11(12)6-4-8-14(9-11)10(15)5-2-3-7-13/h2-6,8-9H2,1H3/t11-/m1/s1. The van der Waals surface area contributed by atoms with E-state index in [0.29, 0.717) is 32.2 Å². The number of alkyl halides is 1. The predicted octanol–water partition coefficient (Wildman–Crippen LogP) is 2.03. The Labute approximate surface area is 89.9 Å². The van der Waals surface area contributed by atoms with E-state index in [1.165, 1.54) is 0 Å². The van der Waals surface area contributed by atoms with E-state index in [1.54, 1.807) is 11.8 Å². The largest absolute Gasteiger partial charge is 0.340 e. The summed E-state index contributed by atoms with van der Waals surface area (Å²) < 4.78 is 13.6. The summed E-state index contributed by atoms with van der Waals surface area (Å²) in [6.45, 7) is 2.41. The Morgan fingerprint density at radius 2 is 2.40 bits per heavy atom. The van der Waals surface area contributed by atoms with Crippen molar-refractivity contribution in [2.75, 3.05) is 13.1 Å². The molecule has 1 rings (SSSR count). The summed E-state index contributed by atoms with van der Waals surface area (Å²) in [5.41, 5.74) is -1.23. The topological polar surface area (TPSA) is 44.1 Å². The molecule has 0 N–H and O–H groups in total. The van der Waals surface area contributed by atoms with Crippen LogP contribution in [0.1, 0.15) is 39.0 Å². The predicted molar refractivity (Wildman–Crippen MR) is 54.8 cm³/mol. The van der Waals surface area contributed by atoms with Crippen molar-refractivity contribution in [3.63, 3.8) is 0 Å². The van der Waals surface area contributed by atoms with Crippen LogP contribution in [0.5, 0.6) is 0 Å². The van der Waals surface area contributed by atoms with Crippen LogP contribution >= 0.6 is 0 Å². The first-order valence-corrected chi connectivity index (χ1v) is 5.39. The summed E-state index contributed by atoms with van der Waals surface area (Å²) in [5.74, 6) is -0.0196. The highest BCUT2D eigenvalue weighted by Gasteiger charge is 2.32. The van der Waals surface area contributed by atoms with Gasteiger partial charge in [-0.3, -0.25) is 4.79 Å². The van der Waals surface area contributed by atoms with Gasteiger partial charge in [0.05, 0.1) is 12.6 Å². The highest BCUT2D eigenvalue weighted by Crippen LogP contribution is 2.24. The molecule has 4 heteroatoms. The molecule has 1 amide bonds. The van der Waals surface area contributed by atoms with Gasteiger partial charge < -0.3 is 4.90 Å². The summed E-state index contributed by atoms with van der Waals surface area (Å²) in [7, 11) is 0. The van der Waals surface area contributed by atoms with E-state index in [4.69, 9.17) is 5.26 Å². The maximum absolute atomic E-state index is 13.6. The van der Waals surface area contributed by atoms with Gasteiger partial charge in [0.15, 0.2) is 0 Å². The molecule has 0 saturated carbocycles. The number of nitrogens with zero attached hydrogens (tertiary/aromatic N) is 2. The molecule has 0 aromatic rings. The maximum atomic E-state index is 13.6. The zero-order valence-corrected chi connectivity index (χ0v) is 9.13. The quantitative estimate of drug-likeness (QED) is 0.672.